The van der Waals surface area contributed by atoms with Crippen molar-refractivity contribution in [1.29, 1.82) is 0 Å². The van der Waals surface area contributed by atoms with E-state index in [1.807, 2.05) is 25.1 Å². The molecule has 1 aliphatic rings. The molecule has 4 rings (SSSR count). The maximum absolute atomic E-state index is 13.2. The molecule has 7 nitrogen and oxygen atoms in total. The molecule has 29 heavy (non-hydrogen) atoms. The number of ether oxygens (including phenoxy) is 1. The molecule has 0 unspecified atom stereocenters. The van der Waals surface area contributed by atoms with Crippen LogP contribution in [0.25, 0.3) is 0 Å². The molecule has 0 bridgehead atoms. The number of hydrogen-bond acceptors (Lipinski definition) is 5. The van der Waals surface area contributed by atoms with Crippen molar-refractivity contribution in [1.82, 2.24) is 19.7 Å². The quantitative estimate of drug-likeness (QED) is 0.640. The first kappa shape index (κ1) is 18.9. The van der Waals surface area contributed by atoms with Gasteiger partial charge in [-0.1, -0.05) is 36.4 Å². The summed E-state index contributed by atoms with van der Waals surface area (Å²) in [5.74, 6) is 1.02. The standard InChI is InChI=1S/C22H22N4O3/c1-15-23-24-20-14-25(13-19(26(15)20)11-16-7-4-3-5-8-16)21(27)17-9-6-10-18(12-17)22(28)29-2/h3-10,12,19H,11,13-14H2,1-2H3/t19-/m1/s1. The molecule has 1 aromatic heterocycles. The van der Waals surface area contributed by atoms with Gasteiger partial charge in [-0.15, -0.1) is 10.2 Å². The van der Waals surface area contributed by atoms with Crippen LogP contribution in [0, 0.1) is 6.92 Å². The zero-order valence-corrected chi connectivity index (χ0v) is 16.4. The van der Waals surface area contributed by atoms with Crippen molar-refractivity contribution in [3.8, 4) is 0 Å². The van der Waals surface area contributed by atoms with E-state index in [1.165, 1.54) is 12.7 Å². The van der Waals surface area contributed by atoms with Gasteiger partial charge in [0.25, 0.3) is 5.91 Å². The Hall–Kier alpha value is -3.48. The molecule has 2 heterocycles. The van der Waals surface area contributed by atoms with Gasteiger partial charge in [-0.05, 0) is 37.1 Å². The van der Waals surface area contributed by atoms with Gasteiger partial charge in [-0.2, -0.15) is 0 Å². The molecule has 1 aliphatic heterocycles. The van der Waals surface area contributed by atoms with Crippen molar-refractivity contribution >= 4 is 11.9 Å². The van der Waals surface area contributed by atoms with Gasteiger partial charge in [0.05, 0.1) is 25.3 Å². The van der Waals surface area contributed by atoms with Gasteiger partial charge in [0, 0.05) is 12.1 Å². The third-order valence-electron chi connectivity index (χ3n) is 5.20. The molecule has 0 spiro atoms. The molecule has 1 atom stereocenters. The Bertz CT molecular complexity index is 1050. The number of esters is 1. The minimum Gasteiger partial charge on any atom is -0.465 e. The number of carbonyl (C=O) groups excluding carboxylic acids is 2. The van der Waals surface area contributed by atoms with Crippen molar-refractivity contribution in [2.45, 2.75) is 25.9 Å². The first-order valence-electron chi connectivity index (χ1n) is 9.48. The van der Waals surface area contributed by atoms with Crippen LogP contribution >= 0.6 is 0 Å². The minimum absolute atomic E-state index is 0.0453. The first-order chi connectivity index (χ1) is 14.1. The van der Waals surface area contributed by atoms with Gasteiger partial charge < -0.3 is 14.2 Å². The zero-order chi connectivity index (χ0) is 20.4. The Morgan fingerprint density at radius 1 is 1.07 bits per heavy atom. The van der Waals surface area contributed by atoms with Crippen LogP contribution in [0.5, 0.6) is 0 Å². The van der Waals surface area contributed by atoms with Crippen LogP contribution in [0.1, 0.15) is 44.0 Å². The summed E-state index contributed by atoms with van der Waals surface area (Å²) in [6.07, 6.45) is 0.776. The second kappa shape index (κ2) is 7.87. The second-order valence-corrected chi connectivity index (χ2v) is 7.14. The van der Waals surface area contributed by atoms with Crippen LogP contribution in [-0.2, 0) is 17.7 Å². The number of hydrogen-bond donors (Lipinski definition) is 0. The summed E-state index contributed by atoms with van der Waals surface area (Å²) in [4.78, 5) is 26.8. The lowest BCUT2D eigenvalue weighted by Gasteiger charge is -2.34. The zero-order valence-electron chi connectivity index (χ0n) is 16.4. The number of aromatic nitrogens is 3. The van der Waals surface area contributed by atoms with E-state index < -0.39 is 5.97 Å². The van der Waals surface area contributed by atoms with Crippen LogP contribution in [0.4, 0.5) is 0 Å². The van der Waals surface area contributed by atoms with E-state index in [4.69, 9.17) is 4.74 Å². The lowest BCUT2D eigenvalue weighted by atomic mass is 10.0. The van der Waals surface area contributed by atoms with E-state index in [0.29, 0.717) is 24.2 Å². The highest BCUT2D eigenvalue weighted by Crippen LogP contribution is 2.26. The highest BCUT2D eigenvalue weighted by molar-refractivity contribution is 5.98. The van der Waals surface area contributed by atoms with Gasteiger partial charge in [-0.25, -0.2) is 4.79 Å². The maximum atomic E-state index is 13.2. The summed E-state index contributed by atoms with van der Waals surface area (Å²) in [7, 11) is 1.32. The molecule has 0 radical (unpaired) electrons. The van der Waals surface area contributed by atoms with E-state index in [-0.39, 0.29) is 11.9 Å². The van der Waals surface area contributed by atoms with E-state index >= 15 is 0 Å². The van der Waals surface area contributed by atoms with E-state index in [2.05, 4.69) is 26.9 Å². The molecule has 7 heteroatoms. The summed E-state index contributed by atoms with van der Waals surface area (Å²) in [5.41, 5.74) is 2.00. The fraction of sp³-hybridized carbons (Fsp3) is 0.273. The Morgan fingerprint density at radius 3 is 2.59 bits per heavy atom. The van der Waals surface area contributed by atoms with E-state index in [9.17, 15) is 9.59 Å². The molecular weight excluding hydrogens is 368 g/mol. The van der Waals surface area contributed by atoms with Crippen LogP contribution in [0.15, 0.2) is 54.6 Å². The van der Waals surface area contributed by atoms with Crippen LogP contribution < -0.4 is 0 Å². The average molecular weight is 390 g/mol. The van der Waals surface area contributed by atoms with Crippen molar-refractivity contribution in [2.75, 3.05) is 13.7 Å². The highest BCUT2D eigenvalue weighted by Gasteiger charge is 2.31. The monoisotopic (exact) mass is 390 g/mol. The van der Waals surface area contributed by atoms with Crippen molar-refractivity contribution in [3.05, 3.63) is 82.9 Å². The number of aryl methyl sites for hydroxylation is 1. The second-order valence-electron chi connectivity index (χ2n) is 7.14. The van der Waals surface area contributed by atoms with Crippen LogP contribution in [-0.4, -0.2) is 45.2 Å². The lowest BCUT2D eigenvalue weighted by molar-refractivity contribution is 0.0600. The third kappa shape index (κ3) is 3.76. The van der Waals surface area contributed by atoms with Crippen molar-refractivity contribution < 1.29 is 14.3 Å². The van der Waals surface area contributed by atoms with E-state index in [1.54, 1.807) is 29.2 Å². The summed E-state index contributed by atoms with van der Waals surface area (Å²) >= 11 is 0. The smallest absolute Gasteiger partial charge is 0.337 e. The molecule has 148 valence electrons. The topological polar surface area (TPSA) is 77.3 Å². The summed E-state index contributed by atoms with van der Waals surface area (Å²) in [6.45, 7) is 2.86. The van der Waals surface area contributed by atoms with Crippen molar-refractivity contribution in [3.63, 3.8) is 0 Å². The van der Waals surface area contributed by atoms with Gasteiger partial charge in [0.15, 0.2) is 5.82 Å². The van der Waals surface area contributed by atoms with Crippen molar-refractivity contribution in [2.24, 2.45) is 0 Å². The summed E-state index contributed by atoms with van der Waals surface area (Å²) < 4.78 is 6.89. The molecule has 0 fully saturated rings. The molecule has 0 N–H and O–H groups in total. The predicted molar refractivity (Wildman–Crippen MR) is 106 cm³/mol. The largest absolute Gasteiger partial charge is 0.465 e. The number of rotatable bonds is 4. The Kier molecular flexibility index (Phi) is 5.12. The number of benzene rings is 2. The fourth-order valence-electron chi connectivity index (χ4n) is 3.84. The maximum Gasteiger partial charge on any atom is 0.337 e. The number of methoxy groups -OCH3 is 1. The Balaban J connectivity index is 1.62. The normalized spacial score (nSPS) is 15.7. The lowest BCUT2D eigenvalue weighted by Crippen LogP contribution is -2.42. The number of carbonyl (C=O) groups is 2. The average Bonchev–Trinajstić information content (AvgIpc) is 3.14. The molecule has 2 aromatic carbocycles. The Labute approximate surface area is 168 Å². The molecular formula is C22H22N4O3. The first-order valence-corrected chi connectivity index (χ1v) is 9.48. The number of nitrogens with zero attached hydrogens (tertiary/aromatic N) is 4. The molecule has 1 amide bonds. The van der Waals surface area contributed by atoms with Gasteiger partial charge in [-0.3, -0.25) is 4.79 Å². The molecule has 3 aromatic rings. The Morgan fingerprint density at radius 2 is 1.83 bits per heavy atom. The predicted octanol–water partition coefficient (Wildman–Crippen LogP) is 2.81. The molecule has 0 aliphatic carbocycles. The molecule has 0 saturated heterocycles. The number of fused-ring (bicyclic) bond motifs is 1. The number of amides is 1. The van der Waals surface area contributed by atoms with Crippen LogP contribution in [0.3, 0.4) is 0 Å². The minimum atomic E-state index is -0.462. The SMILES string of the molecule is COC(=O)c1cccc(C(=O)N2Cc3nnc(C)n3[C@H](Cc3ccccc3)C2)c1. The highest BCUT2D eigenvalue weighted by atomic mass is 16.5. The third-order valence-corrected chi connectivity index (χ3v) is 5.20. The van der Waals surface area contributed by atoms with Gasteiger partial charge >= 0.3 is 5.97 Å². The fourth-order valence-corrected chi connectivity index (χ4v) is 3.84. The molecule has 0 saturated carbocycles. The van der Waals surface area contributed by atoms with E-state index in [0.717, 1.165) is 18.1 Å². The summed E-state index contributed by atoms with van der Waals surface area (Å²) in [5, 5.41) is 8.50. The van der Waals surface area contributed by atoms with Gasteiger partial charge in [0.1, 0.15) is 5.82 Å². The van der Waals surface area contributed by atoms with Crippen LogP contribution in [0.2, 0.25) is 0 Å². The van der Waals surface area contributed by atoms with Gasteiger partial charge in [0.2, 0.25) is 0 Å². The summed E-state index contributed by atoms with van der Waals surface area (Å²) in [6, 6.07) is 16.8.